The summed E-state index contributed by atoms with van der Waals surface area (Å²) >= 11 is 6.06. The molecule has 0 aliphatic rings. The number of nitrogens with one attached hydrogen (secondary N) is 1. The van der Waals surface area contributed by atoms with Crippen molar-refractivity contribution in [3.8, 4) is 17.0 Å². The number of ether oxygens (including phenoxy) is 1. The third-order valence-corrected chi connectivity index (χ3v) is 3.59. The average molecular weight is 351 g/mol. The van der Waals surface area contributed by atoms with Crippen molar-refractivity contribution in [2.45, 2.75) is 0 Å². The first-order valence-electron chi connectivity index (χ1n) is 6.94. The summed E-state index contributed by atoms with van der Waals surface area (Å²) in [6.07, 6.45) is 0. The molecule has 0 unspecified atom stereocenters. The number of aromatic amines is 1. The first-order chi connectivity index (χ1) is 10.7. The Morgan fingerprint density at radius 2 is 1.83 bits per heavy atom. The second-order valence-electron chi connectivity index (χ2n) is 4.85. The van der Waals surface area contributed by atoms with Gasteiger partial charge in [0.1, 0.15) is 6.61 Å². The second-order valence-corrected chi connectivity index (χ2v) is 5.29. The van der Waals surface area contributed by atoms with Crippen LogP contribution < -0.4 is 16.0 Å². The van der Waals surface area contributed by atoms with Crippen LogP contribution in [0.5, 0.6) is 5.75 Å². The summed E-state index contributed by atoms with van der Waals surface area (Å²) < 4.78 is 5.81. The molecule has 0 aliphatic heterocycles. The van der Waals surface area contributed by atoms with Crippen LogP contribution >= 0.6 is 24.0 Å². The van der Waals surface area contributed by atoms with Crippen LogP contribution in [0.1, 0.15) is 0 Å². The number of aromatic nitrogens is 1. The molecule has 3 aromatic rings. The summed E-state index contributed by atoms with van der Waals surface area (Å²) in [6.45, 7) is 0.756. The fourth-order valence-electron chi connectivity index (χ4n) is 2.41. The molecule has 1 heterocycles. The van der Waals surface area contributed by atoms with Crippen molar-refractivity contribution < 1.29 is 4.74 Å². The number of nitrogens with two attached hydrogens (primary N) is 1. The van der Waals surface area contributed by atoms with Crippen molar-refractivity contribution in [2.75, 3.05) is 13.2 Å². The van der Waals surface area contributed by atoms with E-state index in [2.05, 4.69) is 4.98 Å². The largest absolute Gasteiger partial charge is 0.489 e. The van der Waals surface area contributed by atoms with Gasteiger partial charge in [0.15, 0.2) is 5.75 Å². The molecular formula is C17H16Cl2N2O2. The van der Waals surface area contributed by atoms with Gasteiger partial charge in [-0.25, -0.2) is 0 Å². The third kappa shape index (κ3) is 3.50. The van der Waals surface area contributed by atoms with Crippen LogP contribution in [-0.2, 0) is 0 Å². The number of H-pyrrole nitrogens is 1. The summed E-state index contributed by atoms with van der Waals surface area (Å²) in [4.78, 5) is 15.2. The first-order valence-corrected chi connectivity index (χ1v) is 7.32. The molecule has 0 atom stereocenters. The molecule has 0 amide bonds. The smallest absolute Gasteiger partial charge is 0.256 e. The third-order valence-electron chi connectivity index (χ3n) is 3.36. The number of hydrogen-bond acceptors (Lipinski definition) is 3. The summed E-state index contributed by atoms with van der Waals surface area (Å²) in [5, 5.41) is 1.94. The fourth-order valence-corrected chi connectivity index (χ4v) is 2.60. The zero-order chi connectivity index (χ0) is 15.5. The van der Waals surface area contributed by atoms with Gasteiger partial charge < -0.3 is 15.5 Å². The van der Waals surface area contributed by atoms with E-state index in [9.17, 15) is 4.79 Å². The highest BCUT2D eigenvalue weighted by Crippen LogP contribution is 2.34. The average Bonchev–Trinajstić information content (AvgIpc) is 2.54. The molecule has 0 aliphatic carbocycles. The molecule has 0 saturated heterocycles. The quantitative estimate of drug-likeness (QED) is 0.755. The minimum Gasteiger partial charge on any atom is -0.489 e. The molecular weight excluding hydrogens is 335 g/mol. The lowest BCUT2D eigenvalue weighted by Gasteiger charge is -2.14. The molecule has 0 radical (unpaired) electrons. The Balaban J connectivity index is 0.00000192. The normalized spacial score (nSPS) is 10.3. The zero-order valence-corrected chi connectivity index (χ0v) is 13.8. The SMILES string of the molecule is Cl.NCCOc1c(-c2cccc(Cl)c2)[nH]c(=O)c2ccccc12. The minimum atomic E-state index is -0.161. The molecule has 3 rings (SSSR count). The van der Waals surface area contributed by atoms with Gasteiger partial charge in [-0.3, -0.25) is 4.79 Å². The van der Waals surface area contributed by atoms with Gasteiger partial charge in [0.2, 0.25) is 0 Å². The van der Waals surface area contributed by atoms with E-state index >= 15 is 0 Å². The maximum absolute atomic E-state index is 12.3. The van der Waals surface area contributed by atoms with Crippen molar-refractivity contribution in [2.24, 2.45) is 5.73 Å². The standard InChI is InChI=1S/C17H15ClN2O2.ClH/c18-12-5-3-4-11(10-12)15-16(22-9-8-19)13-6-1-2-7-14(13)17(21)20-15;/h1-7,10H,8-9,19H2,(H,20,21);1H. The van der Waals surface area contributed by atoms with Gasteiger partial charge in [-0.05, 0) is 18.2 Å². The predicted molar refractivity (Wildman–Crippen MR) is 96.8 cm³/mol. The lowest BCUT2D eigenvalue weighted by Crippen LogP contribution is -2.14. The van der Waals surface area contributed by atoms with Crippen LogP contribution in [0.4, 0.5) is 0 Å². The summed E-state index contributed by atoms with van der Waals surface area (Å²) in [5.74, 6) is 0.614. The second kappa shape index (κ2) is 7.51. The molecule has 2 aromatic carbocycles. The zero-order valence-electron chi connectivity index (χ0n) is 12.2. The van der Waals surface area contributed by atoms with Crippen LogP contribution in [0, 0.1) is 0 Å². The molecule has 23 heavy (non-hydrogen) atoms. The number of hydrogen-bond donors (Lipinski definition) is 2. The summed E-state index contributed by atoms with van der Waals surface area (Å²) in [7, 11) is 0. The van der Waals surface area contributed by atoms with Crippen LogP contribution in [-0.4, -0.2) is 18.1 Å². The van der Waals surface area contributed by atoms with Gasteiger partial charge in [-0.15, -0.1) is 12.4 Å². The van der Waals surface area contributed by atoms with E-state index in [1.807, 2.05) is 30.3 Å². The summed E-state index contributed by atoms with van der Waals surface area (Å²) in [5.41, 5.74) is 6.79. The lowest BCUT2D eigenvalue weighted by atomic mass is 10.1. The van der Waals surface area contributed by atoms with Crippen molar-refractivity contribution in [3.63, 3.8) is 0 Å². The van der Waals surface area contributed by atoms with Crippen LogP contribution in [0.2, 0.25) is 5.02 Å². The molecule has 0 saturated carbocycles. The predicted octanol–water partition coefficient (Wildman–Crippen LogP) is 3.61. The Bertz CT molecular complexity index is 878. The topological polar surface area (TPSA) is 68.1 Å². The Hall–Kier alpha value is -2.01. The maximum atomic E-state index is 12.3. The highest BCUT2D eigenvalue weighted by molar-refractivity contribution is 6.30. The number of benzene rings is 2. The van der Waals surface area contributed by atoms with E-state index in [0.29, 0.717) is 35.0 Å². The molecule has 120 valence electrons. The van der Waals surface area contributed by atoms with Crippen LogP contribution in [0.25, 0.3) is 22.0 Å². The fraction of sp³-hybridized carbons (Fsp3) is 0.118. The van der Waals surface area contributed by atoms with E-state index in [-0.39, 0.29) is 18.0 Å². The van der Waals surface area contributed by atoms with Crippen molar-refractivity contribution in [1.82, 2.24) is 4.98 Å². The molecule has 0 bridgehead atoms. The maximum Gasteiger partial charge on any atom is 0.256 e. The highest BCUT2D eigenvalue weighted by Gasteiger charge is 2.14. The van der Waals surface area contributed by atoms with Gasteiger partial charge in [-0.2, -0.15) is 0 Å². The van der Waals surface area contributed by atoms with Gasteiger partial charge in [0.05, 0.1) is 11.1 Å². The van der Waals surface area contributed by atoms with E-state index in [0.717, 1.165) is 10.9 Å². The van der Waals surface area contributed by atoms with Crippen molar-refractivity contribution >= 4 is 34.8 Å². The van der Waals surface area contributed by atoms with Crippen molar-refractivity contribution in [3.05, 3.63) is 63.9 Å². The molecule has 6 heteroatoms. The number of rotatable bonds is 4. The minimum absolute atomic E-state index is 0. The van der Waals surface area contributed by atoms with Gasteiger partial charge in [0.25, 0.3) is 5.56 Å². The highest BCUT2D eigenvalue weighted by atomic mass is 35.5. The summed E-state index contributed by atoms with van der Waals surface area (Å²) in [6, 6.07) is 14.6. The molecule has 1 aromatic heterocycles. The molecule has 0 fully saturated rings. The monoisotopic (exact) mass is 350 g/mol. The Morgan fingerprint density at radius 1 is 1.09 bits per heavy atom. The Labute approximate surface area is 144 Å². The number of fused-ring (bicyclic) bond motifs is 1. The van der Waals surface area contributed by atoms with E-state index < -0.39 is 0 Å². The number of halogens is 2. The van der Waals surface area contributed by atoms with Gasteiger partial charge in [0, 0.05) is 22.5 Å². The Kier molecular flexibility index (Phi) is 5.66. The van der Waals surface area contributed by atoms with Gasteiger partial charge in [-0.1, -0.05) is 41.9 Å². The van der Waals surface area contributed by atoms with Gasteiger partial charge >= 0.3 is 0 Å². The van der Waals surface area contributed by atoms with Crippen molar-refractivity contribution in [1.29, 1.82) is 0 Å². The first kappa shape index (κ1) is 17.3. The molecule has 0 spiro atoms. The van der Waals surface area contributed by atoms with E-state index in [1.165, 1.54) is 0 Å². The number of pyridine rings is 1. The van der Waals surface area contributed by atoms with E-state index in [1.54, 1.807) is 18.2 Å². The molecule has 3 N–H and O–H groups in total. The Morgan fingerprint density at radius 3 is 2.52 bits per heavy atom. The lowest BCUT2D eigenvalue weighted by molar-refractivity contribution is 0.332. The van der Waals surface area contributed by atoms with Crippen LogP contribution in [0.15, 0.2) is 53.3 Å². The van der Waals surface area contributed by atoms with Crippen LogP contribution in [0.3, 0.4) is 0 Å². The molecule has 4 nitrogen and oxygen atoms in total. The van der Waals surface area contributed by atoms with E-state index in [4.69, 9.17) is 22.1 Å².